The number of esters is 1. The zero-order chi connectivity index (χ0) is 16.1. The van der Waals surface area contributed by atoms with Crippen LogP contribution in [0.5, 0.6) is 0 Å². The van der Waals surface area contributed by atoms with Crippen LogP contribution in [0.1, 0.15) is 37.4 Å². The molecule has 0 saturated carbocycles. The standard InChI is InChI=1S/C16H21NO3.CH3Br/c1-17-12-7-8-13(17)10-14(9-12)20-16(19)15(18)11-5-3-2-4-6-11;1-2/h2-6,12-15,18H,7-10H2,1H3;1H3/t12-,13+,14+,15?;. The van der Waals surface area contributed by atoms with Gasteiger partial charge in [-0.2, -0.15) is 0 Å². The van der Waals surface area contributed by atoms with Crippen molar-refractivity contribution in [3.8, 4) is 0 Å². The van der Waals surface area contributed by atoms with Gasteiger partial charge in [0.2, 0.25) is 0 Å². The van der Waals surface area contributed by atoms with E-state index in [0.29, 0.717) is 17.6 Å². The molecule has 2 heterocycles. The molecular weight excluding hydrogens is 346 g/mol. The van der Waals surface area contributed by atoms with Gasteiger partial charge < -0.3 is 14.7 Å². The molecular formula is C17H24BrNO3. The molecule has 1 aromatic rings. The Morgan fingerprint density at radius 1 is 1.23 bits per heavy atom. The van der Waals surface area contributed by atoms with Crippen LogP contribution < -0.4 is 0 Å². The Labute approximate surface area is 140 Å². The van der Waals surface area contributed by atoms with Crippen LogP contribution in [0.25, 0.3) is 0 Å². The highest BCUT2D eigenvalue weighted by Gasteiger charge is 2.40. The number of ether oxygens (including phenoxy) is 1. The number of hydrogen-bond donors (Lipinski definition) is 1. The first kappa shape index (κ1) is 17.4. The summed E-state index contributed by atoms with van der Waals surface area (Å²) >= 11 is 2.94. The molecule has 4 nitrogen and oxygen atoms in total. The number of nitrogens with zero attached hydrogens (tertiary/aromatic N) is 1. The van der Waals surface area contributed by atoms with Crippen molar-refractivity contribution in [2.75, 3.05) is 12.9 Å². The summed E-state index contributed by atoms with van der Waals surface area (Å²) in [6.45, 7) is 0. The van der Waals surface area contributed by atoms with Crippen LogP contribution in [-0.2, 0) is 9.53 Å². The van der Waals surface area contributed by atoms with Gasteiger partial charge in [0.25, 0.3) is 0 Å². The van der Waals surface area contributed by atoms with E-state index in [0.717, 1.165) is 12.8 Å². The van der Waals surface area contributed by atoms with Crippen molar-refractivity contribution < 1.29 is 14.6 Å². The number of benzene rings is 1. The minimum absolute atomic E-state index is 0.0467. The lowest BCUT2D eigenvalue weighted by Gasteiger charge is -2.36. The zero-order valence-corrected chi connectivity index (χ0v) is 14.7. The predicted molar refractivity (Wildman–Crippen MR) is 89.9 cm³/mol. The Bertz CT molecular complexity index is 468. The van der Waals surface area contributed by atoms with Gasteiger partial charge in [0.05, 0.1) is 0 Å². The van der Waals surface area contributed by atoms with Gasteiger partial charge >= 0.3 is 5.97 Å². The van der Waals surface area contributed by atoms with Crippen LogP contribution >= 0.6 is 15.9 Å². The maximum atomic E-state index is 12.0. The average molecular weight is 370 g/mol. The molecule has 0 aliphatic carbocycles. The highest BCUT2D eigenvalue weighted by atomic mass is 79.9. The fourth-order valence-electron chi connectivity index (χ4n) is 3.46. The number of halogens is 1. The number of rotatable bonds is 3. The number of aliphatic hydroxyl groups excluding tert-OH is 1. The second kappa shape index (κ2) is 8.09. The maximum Gasteiger partial charge on any atom is 0.339 e. The number of piperidine rings is 1. The average Bonchev–Trinajstić information content (AvgIpc) is 2.78. The Morgan fingerprint density at radius 3 is 2.32 bits per heavy atom. The summed E-state index contributed by atoms with van der Waals surface area (Å²) in [6, 6.07) is 10.0. The van der Waals surface area contributed by atoms with Crippen LogP contribution in [0, 0.1) is 0 Å². The van der Waals surface area contributed by atoms with E-state index in [1.807, 2.05) is 24.0 Å². The van der Waals surface area contributed by atoms with Gasteiger partial charge in [-0.1, -0.05) is 46.3 Å². The molecule has 3 rings (SSSR count). The Balaban J connectivity index is 0.000000847. The molecule has 2 bridgehead atoms. The predicted octanol–water partition coefficient (Wildman–Crippen LogP) is 2.90. The number of carbonyl (C=O) groups is 1. The first-order valence-corrected chi connectivity index (χ1v) is 9.27. The molecule has 0 aromatic heterocycles. The number of alkyl halides is 1. The van der Waals surface area contributed by atoms with Gasteiger partial charge in [-0.25, -0.2) is 4.79 Å². The summed E-state index contributed by atoms with van der Waals surface area (Å²) in [5, 5.41) is 10.0. The van der Waals surface area contributed by atoms with E-state index in [1.165, 1.54) is 12.8 Å². The number of carbonyl (C=O) groups excluding carboxylic acids is 1. The molecule has 4 atom stereocenters. The molecule has 2 fully saturated rings. The number of fused-ring (bicyclic) bond motifs is 2. The molecule has 0 amide bonds. The lowest BCUT2D eigenvalue weighted by atomic mass is 10.0. The van der Waals surface area contributed by atoms with E-state index < -0.39 is 12.1 Å². The Hall–Kier alpha value is -0.910. The van der Waals surface area contributed by atoms with E-state index in [2.05, 4.69) is 27.9 Å². The van der Waals surface area contributed by atoms with Gasteiger partial charge in [-0.05, 0) is 44.1 Å². The number of aliphatic hydroxyl groups is 1. The summed E-state index contributed by atoms with van der Waals surface area (Å²) in [6.07, 6.45) is 2.94. The van der Waals surface area contributed by atoms with E-state index in [4.69, 9.17) is 4.74 Å². The summed E-state index contributed by atoms with van der Waals surface area (Å²) in [7, 11) is 2.15. The molecule has 0 radical (unpaired) electrons. The monoisotopic (exact) mass is 369 g/mol. The van der Waals surface area contributed by atoms with Crippen LogP contribution in [0.4, 0.5) is 0 Å². The van der Waals surface area contributed by atoms with Crippen molar-refractivity contribution >= 4 is 21.9 Å². The summed E-state index contributed by atoms with van der Waals surface area (Å²) in [4.78, 5) is 14.4. The Kier molecular flexibility index (Phi) is 6.41. The second-order valence-corrected chi connectivity index (χ2v) is 5.89. The summed E-state index contributed by atoms with van der Waals surface area (Å²) in [5.41, 5.74) is 0.591. The quantitative estimate of drug-likeness (QED) is 0.657. The molecule has 1 aromatic carbocycles. The van der Waals surface area contributed by atoms with Crippen molar-refractivity contribution in [1.82, 2.24) is 4.90 Å². The van der Waals surface area contributed by atoms with Crippen LogP contribution in [0.3, 0.4) is 0 Å². The van der Waals surface area contributed by atoms with Crippen LogP contribution in [-0.4, -0.2) is 47.0 Å². The zero-order valence-electron chi connectivity index (χ0n) is 13.1. The van der Waals surface area contributed by atoms with E-state index >= 15 is 0 Å². The van der Waals surface area contributed by atoms with Gasteiger partial charge in [0, 0.05) is 12.1 Å². The summed E-state index contributed by atoms with van der Waals surface area (Å²) < 4.78 is 5.52. The largest absolute Gasteiger partial charge is 0.460 e. The van der Waals surface area contributed by atoms with Gasteiger partial charge in [-0.15, -0.1) is 0 Å². The number of hydrogen-bond acceptors (Lipinski definition) is 4. The SMILES string of the molecule is CBr.CN1[C@@H]2CC[C@H]1C[C@@H](OC(=O)C(O)c1ccccc1)C2. The fraction of sp³-hybridized carbons (Fsp3) is 0.588. The first-order chi connectivity index (χ1) is 10.6. The molecule has 5 heteroatoms. The highest BCUT2D eigenvalue weighted by molar-refractivity contribution is 9.08. The molecule has 2 saturated heterocycles. The molecule has 1 N–H and O–H groups in total. The first-order valence-electron chi connectivity index (χ1n) is 7.68. The molecule has 1 unspecified atom stereocenters. The minimum atomic E-state index is -1.17. The van der Waals surface area contributed by atoms with E-state index in [1.54, 1.807) is 12.1 Å². The van der Waals surface area contributed by atoms with Crippen molar-refractivity contribution in [3.05, 3.63) is 35.9 Å². The third kappa shape index (κ3) is 3.89. The lowest BCUT2D eigenvalue weighted by molar-refractivity contribution is -0.162. The summed E-state index contributed by atoms with van der Waals surface area (Å²) in [5.74, 6) is 1.29. The van der Waals surface area contributed by atoms with E-state index in [-0.39, 0.29) is 6.10 Å². The second-order valence-electron chi connectivity index (χ2n) is 5.89. The minimum Gasteiger partial charge on any atom is -0.460 e. The smallest absolute Gasteiger partial charge is 0.339 e. The molecule has 0 spiro atoms. The van der Waals surface area contributed by atoms with Crippen molar-refractivity contribution in [3.63, 3.8) is 0 Å². The molecule has 2 aliphatic rings. The Morgan fingerprint density at radius 2 is 1.77 bits per heavy atom. The third-order valence-electron chi connectivity index (χ3n) is 4.68. The van der Waals surface area contributed by atoms with Crippen LogP contribution in [0.2, 0.25) is 0 Å². The lowest BCUT2D eigenvalue weighted by Crippen LogP contribution is -2.43. The fourth-order valence-corrected chi connectivity index (χ4v) is 3.46. The van der Waals surface area contributed by atoms with Gasteiger partial charge in [0.15, 0.2) is 6.10 Å². The van der Waals surface area contributed by atoms with Gasteiger partial charge in [0.1, 0.15) is 6.10 Å². The highest BCUT2D eigenvalue weighted by Crippen LogP contribution is 2.35. The van der Waals surface area contributed by atoms with Crippen molar-refractivity contribution in [2.45, 2.75) is 50.0 Å². The van der Waals surface area contributed by atoms with Gasteiger partial charge in [-0.3, -0.25) is 0 Å². The molecule has 2 aliphatic heterocycles. The third-order valence-corrected chi connectivity index (χ3v) is 4.68. The van der Waals surface area contributed by atoms with Crippen LogP contribution in [0.15, 0.2) is 30.3 Å². The normalized spacial score (nSPS) is 28.5. The molecule has 122 valence electrons. The maximum absolute atomic E-state index is 12.0. The molecule has 22 heavy (non-hydrogen) atoms. The van der Waals surface area contributed by atoms with E-state index in [9.17, 15) is 9.90 Å². The van der Waals surface area contributed by atoms with Crippen molar-refractivity contribution in [2.24, 2.45) is 0 Å². The topological polar surface area (TPSA) is 49.8 Å². The van der Waals surface area contributed by atoms with Crippen molar-refractivity contribution in [1.29, 1.82) is 0 Å².